The molecule has 2 N–H and O–H groups in total. The van der Waals surface area contributed by atoms with Gasteiger partial charge in [-0.15, -0.1) is 13.2 Å². The van der Waals surface area contributed by atoms with Crippen LogP contribution in [0.25, 0.3) is 0 Å². The first-order chi connectivity index (χ1) is 11.3. The van der Waals surface area contributed by atoms with Gasteiger partial charge in [0.1, 0.15) is 11.5 Å². The molecule has 0 saturated heterocycles. The Morgan fingerprint density at radius 3 is 2.33 bits per heavy atom. The van der Waals surface area contributed by atoms with Gasteiger partial charge in [0.15, 0.2) is 0 Å². The lowest BCUT2D eigenvalue weighted by atomic mass is 10.1. The molecule has 128 valence electrons. The van der Waals surface area contributed by atoms with E-state index in [0.717, 1.165) is 0 Å². The third-order valence-electron chi connectivity index (χ3n) is 3.29. The summed E-state index contributed by atoms with van der Waals surface area (Å²) in [6.45, 7) is -0.0775. The fourth-order valence-electron chi connectivity index (χ4n) is 2.13. The predicted octanol–water partition coefficient (Wildman–Crippen LogP) is 3.54. The standard InChI is InChI=1S/C17H16F3NO3/c18-17(19,20)24-15-8-4-2-6-13(15)11-21-16(23)10-9-12-5-1-3-7-14(12)22/h1-8,22H,9-11H2,(H,21,23). The van der Waals surface area contributed by atoms with Gasteiger partial charge in [0.05, 0.1) is 0 Å². The fraction of sp³-hybridized carbons (Fsp3) is 0.235. The Bertz CT molecular complexity index is 701. The van der Waals surface area contributed by atoms with Crippen molar-refractivity contribution in [3.63, 3.8) is 0 Å². The molecule has 0 spiro atoms. The number of phenolic OH excluding ortho intramolecular Hbond substituents is 1. The van der Waals surface area contributed by atoms with Gasteiger partial charge in [-0.05, 0) is 24.1 Å². The highest BCUT2D eigenvalue weighted by atomic mass is 19.4. The number of nitrogens with one attached hydrogen (secondary N) is 1. The van der Waals surface area contributed by atoms with Crippen LogP contribution in [0.15, 0.2) is 48.5 Å². The number of carbonyl (C=O) groups is 1. The smallest absolute Gasteiger partial charge is 0.508 e. The van der Waals surface area contributed by atoms with Gasteiger partial charge in [-0.25, -0.2) is 0 Å². The summed E-state index contributed by atoms with van der Waals surface area (Å²) in [5.74, 6) is -0.569. The number of alkyl halides is 3. The van der Waals surface area contributed by atoms with Gasteiger partial charge >= 0.3 is 6.36 Å². The Labute approximate surface area is 136 Å². The maximum Gasteiger partial charge on any atom is 0.573 e. The number of rotatable bonds is 6. The van der Waals surface area contributed by atoms with Crippen molar-refractivity contribution in [3.05, 3.63) is 59.7 Å². The molecule has 0 bridgehead atoms. The van der Waals surface area contributed by atoms with Crippen LogP contribution in [0.4, 0.5) is 13.2 Å². The number of benzene rings is 2. The lowest BCUT2D eigenvalue weighted by Gasteiger charge is -2.13. The van der Waals surface area contributed by atoms with Crippen molar-refractivity contribution >= 4 is 5.91 Å². The number of amides is 1. The predicted molar refractivity (Wildman–Crippen MR) is 81.4 cm³/mol. The molecule has 2 aromatic rings. The second-order valence-electron chi connectivity index (χ2n) is 5.06. The molecule has 0 radical (unpaired) electrons. The summed E-state index contributed by atoms with van der Waals surface area (Å²) >= 11 is 0. The second kappa shape index (κ2) is 7.72. The van der Waals surface area contributed by atoms with E-state index >= 15 is 0 Å². The highest BCUT2D eigenvalue weighted by Crippen LogP contribution is 2.26. The highest BCUT2D eigenvalue weighted by molar-refractivity contribution is 5.76. The van der Waals surface area contributed by atoms with Crippen LogP contribution in [0, 0.1) is 0 Å². The molecule has 2 rings (SSSR count). The summed E-state index contributed by atoms with van der Waals surface area (Å²) in [6, 6.07) is 12.3. The zero-order valence-corrected chi connectivity index (χ0v) is 12.6. The molecule has 0 saturated carbocycles. The maximum atomic E-state index is 12.3. The molecular weight excluding hydrogens is 323 g/mol. The Morgan fingerprint density at radius 2 is 1.67 bits per heavy atom. The number of phenols is 1. The van der Waals surface area contributed by atoms with Crippen molar-refractivity contribution in [1.82, 2.24) is 5.32 Å². The lowest BCUT2D eigenvalue weighted by Crippen LogP contribution is -2.24. The van der Waals surface area contributed by atoms with E-state index in [9.17, 15) is 23.1 Å². The fourth-order valence-corrected chi connectivity index (χ4v) is 2.13. The largest absolute Gasteiger partial charge is 0.573 e. The van der Waals surface area contributed by atoms with E-state index in [4.69, 9.17) is 0 Å². The number of halogens is 3. The molecule has 2 aromatic carbocycles. The zero-order chi connectivity index (χ0) is 17.6. The third-order valence-corrected chi connectivity index (χ3v) is 3.29. The van der Waals surface area contributed by atoms with E-state index in [1.54, 1.807) is 24.3 Å². The van der Waals surface area contributed by atoms with Crippen molar-refractivity contribution in [2.75, 3.05) is 0 Å². The molecule has 0 fully saturated rings. The van der Waals surface area contributed by atoms with E-state index in [1.807, 2.05) is 0 Å². The molecule has 0 aromatic heterocycles. The molecule has 1 amide bonds. The van der Waals surface area contributed by atoms with Crippen LogP contribution in [-0.4, -0.2) is 17.4 Å². The van der Waals surface area contributed by atoms with Crippen LogP contribution in [0.3, 0.4) is 0 Å². The summed E-state index contributed by atoms with van der Waals surface area (Å²) < 4.78 is 40.9. The van der Waals surface area contributed by atoms with Crippen molar-refractivity contribution in [2.24, 2.45) is 0 Å². The van der Waals surface area contributed by atoms with E-state index in [2.05, 4.69) is 10.1 Å². The minimum absolute atomic E-state index is 0.0775. The van der Waals surface area contributed by atoms with Crippen LogP contribution in [0.5, 0.6) is 11.5 Å². The van der Waals surface area contributed by atoms with Crippen molar-refractivity contribution in [3.8, 4) is 11.5 Å². The number of aryl methyl sites for hydroxylation is 1. The Hall–Kier alpha value is -2.70. The molecule has 0 unspecified atom stereocenters. The van der Waals surface area contributed by atoms with Crippen molar-refractivity contribution in [1.29, 1.82) is 0 Å². The lowest BCUT2D eigenvalue weighted by molar-refractivity contribution is -0.274. The first kappa shape index (κ1) is 17.7. The molecule has 4 nitrogen and oxygen atoms in total. The summed E-state index contributed by atoms with van der Waals surface area (Å²) in [5, 5.41) is 12.2. The summed E-state index contributed by atoms with van der Waals surface area (Å²) in [6.07, 6.45) is -4.34. The Morgan fingerprint density at radius 1 is 1.04 bits per heavy atom. The van der Waals surface area contributed by atoms with Crippen molar-refractivity contribution < 1.29 is 27.8 Å². The SMILES string of the molecule is O=C(CCc1ccccc1O)NCc1ccccc1OC(F)(F)F. The zero-order valence-electron chi connectivity index (χ0n) is 12.6. The van der Waals surface area contributed by atoms with E-state index in [1.165, 1.54) is 24.3 Å². The topological polar surface area (TPSA) is 58.6 Å². The molecule has 0 atom stereocenters. The minimum Gasteiger partial charge on any atom is -0.508 e. The van der Waals surface area contributed by atoms with Crippen LogP contribution in [-0.2, 0) is 17.8 Å². The van der Waals surface area contributed by atoms with Gasteiger partial charge in [-0.1, -0.05) is 36.4 Å². The first-order valence-corrected chi connectivity index (χ1v) is 7.22. The summed E-state index contributed by atoms with van der Waals surface area (Å²) in [5.41, 5.74) is 0.860. The molecule has 7 heteroatoms. The van der Waals surface area contributed by atoms with Crippen LogP contribution in [0.2, 0.25) is 0 Å². The van der Waals surface area contributed by atoms with Crippen LogP contribution < -0.4 is 10.1 Å². The average molecular weight is 339 g/mol. The van der Waals surface area contributed by atoms with E-state index in [-0.39, 0.29) is 35.9 Å². The number of hydrogen-bond donors (Lipinski definition) is 2. The average Bonchev–Trinajstić information content (AvgIpc) is 2.52. The van der Waals surface area contributed by atoms with Crippen LogP contribution >= 0.6 is 0 Å². The molecule has 24 heavy (non-hydrogen) atoms. The quantitative estimate of drug-likeness (QED) is 0.846. The minimum atomic E-state index is -4.79. The van der Waals surface area contributed by atoms with Crippen LogP contribution in [0.1, 0.15) is 17.5 Å². The number of ether oxygens (including phenoxy) is 1. The van der Waals surface area contributed by atoms with Gasteiger partial charge in [0.25, 0.3) is 0 Å². The molecule has 0 aliphatic heterocycles. The highest BCUT2D eigenvalue weighted by Gasteiger charge is 2.31. The maximum absolute atomic E-state index is 12.3. The first-order valence-electron chi connectivity index (χ1n) is 7.22. The molecule has 0 heterocycles. The third kappa shape index (κ3) is 5.49. The number of hydrogen-bond acceptors (Lipinski definition) is 3. The number of para-hydroxylation sites is 2. The Kier molecular flexibility index (Phi) is 5.68. The van der Waals surface area contributed by atoms with Gasteiger partial charge in [0.2, 0.25) is 5.91 Å². The normalized spacial score (nSPS) is 11.1. The monoisotopic (exact) mass is 339 g/mol. The van der Waals surface area contributed by atoms with E-state index in [0.29, 0.717) is 12.0 Å². The summed E-state index contributed by atoms with van der Waals surface area (Å²) in [7, 11) is 0. The molecule has 0 aliphatic rings. The number of aromatic hydroxyl groups is 1. The van der Waals surface area contributed by atoms with Gasteiger partial charge in [-0.2, -0.15) is 0 Å². The van der Waals surface area contributed by atoms with Gasteiger partial charge in [0, 0.05) is 18.5 Å². The molecule has 0 aliphatic carbocycles. The second-order valence-corrected chi connectivity index (χ2v) is 5.06. The van der Waals surface area contributed by atoms with Gasteiger partial charge in [-0.3, -0.25) is 4.79 Å². The van der Waals surface area contributed by atoms with Gasteiger partial charge < -0.3 is 15.2 Å². The Balaban J connectivity index is 1.89. The molecular formula is C17H16F3NO3. The summed E-state index contributed by atoms with van der Waals surface area (Å²) in [4.78, 5) is 11.8. The van der Waals surface area contributed by atoms with Crippen molar-refractivity contribution in [2.45, 2.75) is 25.7 Å². The number of carbonyl (C=O) groups excluding carboxylic acids is 1. The van der Waals surface area contributed by atoms with E-state index < -0.39 is 6.36 Å².